The Bertz CT molecular complexity index is 951. The number of hydrogen-bond acceptors (Lipinski definition) is 2. The number of benzene rings is 1. The molecule has 5 nitrogen and oxygen atoms in total. The summed E-state index contributed by atoms with van der Waals surface area (Å²) in [5, 5.41) is 3.20. The predicted molar refractivity (Wildman–Crippen MR) is 123 cm³/mol. The smallest absolute Gasteiger partial charge is 0.251 e. The molecule has 5 fully saturated rings. The molecule has 0 atom stereocenters. The van der Waals surface area contributed by atoms with Gasteiger partial charge in [0.05, 0.1) is 5.41 Å². The third kappa shape index (κ3) is 3.56. The van der Waals surface area contributed by atoms with Gasteiger partial charge in [-0.1, -0.05) is 0 Å². The average Bonchev–Trinajstić information content (AvgIpc) is 3.33. The van der Waals surface area contributed by atoms with Gasteiger partial charge < -0.3 is 14.8 Å². The molecule has 1 aliphatic heterocycles. The summed E-state index contributed by atoms with van der Waals surface area (Å²) in [5.74, 6) is 2.81. The van der Waals surface area contributed by atoms with Crippen molar-refractivity contribution in [3.05, 3.63) is 54.4 Å². The van der Waals surface area contributed by atoms with Crippen LogP contribution in [0.2, 0.25) is 0 Å². The van der Waals surface area contributed by atoms with Gasteiger partial charge in [-0.3, -0.25) is 9.59 Å². The molecule has 1 saturated heterocycles. The van der Waals surface area contributed by atoms with Crippen LogP contribution in [0.15, 0.2) is 48.8 Å². The van der Waals surface area contributed by atoms with Crippen LogP contribution >= 0.6 is 0 Å². The first-order valence-electron chi connectivity index (χ1n) is 12.4. The Morgan fingerprint density at radius 2 is 1.41 bits per heavy atom. The maximum atomic E-state index is 13.6. The summed E-state index contributed by atoms with van der Waals surface area (Å²) in [6.07, 6.45) is 13.2. The SMILES string of the molecule is O=C(NC1CCN(C(=O)C23CC4CC(CC(C4)C2)C3)CC1)c1ccc(-n2cccc2)cc1. The summed E-state index contributed by atoms with van der Waals surface area (Å²) in [7, 11) is 0. The lowest BCUT2D eigenvalue weighted by Gasteiger charge is -2.57. The molecule has 2 amide bonds. The molecule has 5 heteroatoms. The number of carbonyl (C=O) groups is 2. The van der Waals surface area contributed by atoms with Gasteiger partial charge in [-0.25, -0.2) is 0 Å². The second kappa shape index (κ2) is 7.79. The van der Waals surface area contributed by atoms with Crippen LogP contribution in [0.4, 0.5) is 0 Å². The summed E-state index contributed by atoms with van der Waals surface area (Å²) < 4.78 is 2.03. The minimum atomic E-state index is -0.0493. The van der Waals surface area contributed by atoms with Crippen molar-refractivity contribution in [3.63, 3.8) is 0 Å². The van der Waals surface area contributed by atoms with Crippen molar-refractivity contribution in [2.45, 2.75) is 57.4 Å². The third-order valence-corrected chi connectivity index (χ3v) is 8.64. The van der Waals surface area contributed by atoms with Gasteiger partial charge in [0.1, 0.15) is 0 Å². The number of aromatic nitrogens is 1. The zero-order chi connectivity index (χ0) is 21.7. The average molecular weight is 432 g/mol. The first-order valence-corrected chi connectivity index (χ1v) is 12.4. The van der Waals surface area contributed by atoms with E-state index in [1.165, 1.54) is 19.3 Å². The fourth-order valence-corrected chi connectivity index (χ4v) is 7.50. The van der Waals surface area contributed by atoms with Gasteiger partial charge in [0.25, 0.3) is 5.91 Å². The zero-order valence-electron chi connectivity index (χ0n) is 18.7. The van der Waals surface area contributed by atoms with E-state index in [2.05, 4.69) is 10.2 Å². The van der Waals surface area contributed by atoms with E-state index in [1.54, 1.807) is 0 Å². The molecule has 1 aromatic carbocycles. The lowest BCUT2D eigenvalue weighted by molar-refractivity contribution is -0.158. The van der Waals surface area contributed by atoms with Gasteiger partial charge >= 0.3 is 0 Å². The lowest BCUT2D eigenvalue weighted by Crippen LogP contribution is -2.56. The van der Waals surface area contributed by atoms with E-state index in [-0.39, 0.29) is 17.4 Å². The number of hydrogen-bond donors (Lipinski definition) is 1. The molecule has 4 saturated carbocycles. The van der Waals surface area contributed by atoms with Crippen molar-refractivity contribution in [2.75, 3.05) is 13.1 Å². The molecule has 4 bridgehead atoms. The number of likely N-dealkylation sites (tertiary alicyclic amines) is 1. The molecule has 2 heterocycles. The fraction of sp³-hybridized carbons (Fsp3) is 0.556. The molecular formula is C27H33N3O2. The third-order valence-electron chi connectivity index (χ3n) is 8.64. The molecule has 4 aliphatic carbocycles. The molecular weight excluding hydrogens is 398 g/mol. The van der Waals surface area contributed by atoms with Gasteiger partial charge in [-0.2, -0.15) is 0 Å². The molecule has 32 heavy (non-hydrogen) atoms. The van der Waals surface area contributed by atoms with Gasteiger partial charge in [0, 0.05) is 42.8 Å². The number of nitrogens with one attached hydrogen (secondary N) is 1. The second-order valence-electron chi connectivity index (χ2n) is 10.9. The predicted octanol–water partition coefficient (Wildman–Crippen LogP) is 4.41. The summed E-state index contributed by atoms with van der Waals surface area (Å²) in [5.41, 5.74) is 1.68. The van der Waals surface area contributed by atoms with Gasteiger partial charge in [0.2, 0.25) is 5.91 Å². The van der Waals surface area contributed by atoms with Crippen LogP contribution in [-0.4, -0.2) is 40.4 Å². The Balaban J connectivity index is 1.04. The Hall–Kier alpha value is -2.56. The molecule has 0 radical (unpaired) electrons. The summed E-state index contributed by atoms with van der Waals surface area (Å²) in [6, 6.07) is 11.8. The molecule has 0 unspecified atom stereocenters. The standard InChI is InChI=1S/C27H33N3O2/c31-25(22-3-5-24(6-4-22)29-9-1-2-10-29)28-23-7-11-30(12-8-23)26(32)27-16-19-13-20(17-27)15-21(14-19)18-27/h1-6,9-10,19-21,23H,7-8,11-18H2,(H,28,31). The minimum absolute atomic E-state index is 0.0186. The monoisotopic (exact) mass is 431 g/mol. The van der Waals surface area contributed by atoms with Crippen molar-refractivity contribution in [3.8, 4) is 5.69 Å². The number of amides is 2. The van der Waals surface area contributed by atoms with Crippen molar-refractivity contribution in [1.29, 1.82) is 0 Å². The van der Waals surface area contributed by atoms with E-state index >= 15 is 0 Å². The highest BCUT2D eigenvalue weighted by Gasteiger charge is 2.55. The van der Waals surface area contributed by atoms with Crippen LogP contribution in [0.1, 0.15) is 61.7 Å². The second-order valence-corrected chi connectivity index (χ2v) is 10.9. The Kier molecular flexibility index (Phi) is 4.89. The highest BCUT2D eigenvalue weighted by atomic mass is 16.2. The van der Waals surface area contributed by atoms with Gasteiger partial charge in [-0.05, 0) is 106 Å². The molecule has 168 valence electrons. The fourth-order valence-electron chi connectivity index (χ4n) is 7.50. The van der Waals surface area contributed by atoms with E-state index in [0.29, 0.717) is 11.5 Å². The molecule has 2 aromatic rings. The first-order chi connectivity index (χ1) is 15.6. The van der Waals surface area contributed by atoms with Crippen molar-refractivity contribution >= 4 is 11.8 Å². The van der Waals surface area contributed by atoms with Crippen LogP contribution in [0.3, 0.4) is 0 Å². The normalized spacial score (nSPS) is 31.6. The topological polar surface area (TPSA) is 54.3 Å². The number of rotatable bonds is 4. The number of nitrogens with zero attached hydrogens (tertiary/aromatic N) is 2. The van der Waals surface area contributed by atoms with E-state index in [1.807, 2.05) is 53.4 Å². The zero-order valence-corrected chi connectivity index (χ0v) is 18.7. The highest BCUT2D eigenvalue weighted by molar-refractivity contribution is 5.94. The Morgan fingerprint density at radius 1 is 0.844 bits per heavy atom. The first kappa shape index (κ1) is 20.1. The summed E-state index contributed by atoms with van der Waals surface area (Å²) >= 11 is 0. The minimum Gasteiger partial charge on any atom is -0.349 e. The largest absolute Gasteiger partial charge is 0.349 e. The summed E-state index contributed by atoms with van der Waals surface area (Å²) in [4.78, 5) is 28.5. The maximum Gasteiger partial charge on any atom is 0.251 e. The van der Waals surface area contributed by atoms with E-state index in [9.17, 15) is 9.59 Å². The van der Waals surface area contributed by atoms with Crippen molar-refractivity contribution in [1.82, 2.24) is 14.8 Å². The van der Waals surface area contributed by atoms with Crippen LogP contribution in [0, 0.1) is 23.2 Å². The van der Waals surface area contributed by atoms with Crippen LogP contribution in [0.25, 0.3) is 5.69 Å². The molecule has 1 aromatic heterocycles. The van der Waals surface area contributed by atoms with Crippen molar-refractivity contribution < 1.29 is 9.59 Å². The quantitative estimate of drug-likeness (QED) is 0.779. The maximum absolute atomic E-state index is 13.6. The molecule has 7 rings (SSSR count). The molecule has 5 aliphatic rings. The Morgan fingerprint density at radius 3 is 1.97 bits per heavy atom. The van der Waals surface area contributed by atoms with Crippen LogP contribution < -0.4 is 5.32 Å². The van der Waals surface area contributed by atoms with Gasteiger partial charge in [-0.15, -0.1) is 0 Å². The van der Waals surface area contributed by atoms with E-state index < -0.39 is 0 Å². The lowest BCUT2D eigenvalue weighted by atomic mass is 9.49. The number of piperidine rings is 1. The summed E-state index contributed by atoms with van der Waals surface area (Å²) in [6.45, 7) is 1.55. The highest BCUT2D eigenvalue weighted by Crippen LogP contribution is 2.60. The molecule has 0 spiro atoms. The van der Waals surface area contributed by atoms with E-state index in [0.717, 1.165) is 68.6 Å². The van der Waals surface area contributed by atoms with E-state index in [4.69, 9.17) is 0 Å². The Labute approximate surface area is 190 Å². The molecule has 1 N–H and O–H groups in total. The number of carbonyl (C=O) groups excluding carboxylic acids is 2. The van der Waals surface area contributed by atoms with Crippen LogP contribution in [0.5, 0.6) is 0 Å². The van der Waals surface area contributed by atoms with Crippen molar-refractivity contribution in [2.24, 2.45) is 23.2 Å². The van der Waals surface area contributed by atoms with Gasteiger partial charge in [0.15, 0.2) is 0 Å². The van der Waals surface area contributed by atoms with Crippen LogP contribution in [-0.2, 0) is 4.79 Å².